The smallest absolute Gasteiger partial charge is 0.315 e. The maximum absolute atomic E-state index is 14.8. The average molecular weight is 704 g/mol. The summed E-state index contributed by atoms with van der Waals surface area (Å²) >= 11 is 0. The standard InChI is InChI=1S/C36H57N5O7S/c1-34(2)23-21-41(27(26(23)34)30(43)38-24(20-22-13-14-22)28(42)31(44)37-4)32(45)29(35(3)15-7-5-8-16-35)39-33(46)40-36(17-9-6-10-18-36)25-12-11-19-49(25,47)48/h22-27,29H,5-21H2,1-4H3,(H,37,44)(H,38,43)(H2,39,40,46)/t23-,24-,25?,26-,27-,29+/m0/s1. The molecule has 0 spiro atoms. The minimum absolute atomic E-state index is 0.0930. The summed E-state index contributed by atoms with van der Waals surface area (Å²) in [6.45, 7) is 6.59. The number of rotatable bonds is 11. The first-order valence-corrected chi connectivity index (χ1v) is 20.5. The second kappa shape index (κ2) is 13.5. The van der Waals surface area contributed by atoms with Gasteiger partial charge in [-0.1, -0.05) is 72.1 Å². The number of carbonyl (C=O) groups excluding carboxylic acids is 5. The molecule has 6 fully saturated rings. The maximum Gasteiger partial charge on any atom is 0.315 e. The van der Waals surface area contributed by atoms with Crippen molar-refractivity contribution < 1.29 is 32.4 Å². The van der Waals surface area contributed by atoms with Crippen molar-refractivity contribution in [1.82, 2.24) is 26.2 Å². The number of nitrogens with zero attached hydrogens (tertiary/aromatic N) is 1. The molecule has 2 saturated heterocycles. The second-order valence-corrected chi connectivity index (χ2v) is 19.3. The summed E-state index contributed by atoms with van der Waals surface area (Å²) < 4.78 is 26.3. The number of Topliss-reactive ketones (excluding diaryl/α,β-unsaturated/α-hetero) is 1. The van der Waals surface area contributed by atoms with E-state index in [0.717, 1.165) is 64.2 Å². The van der Waals surface area contributed by atoms with Gasteiger partial charge >= 0.3 is 6.03 Å². The van der Waals surface area contributed by atoms with Gasteiger partial charge in [-0.3, -0.25) is 19.2 Å². The number of carbonyl (C=O) groups is 5. The molecule has 0 aromatic carbocycles. The minimum Gasteiger partial charge on any atom is -0.353 e. The Morgan fingerprint density at radius 1 is 0.837 bits per heavy atom. The Hall–Kier alpha value is -2.70. The van der Waals surface area contributed by atoms with Crippen LogP contribution in [0.25, 0.3) is 0 Å². The van der Waals surface area contributed by atoms with E-state index in [9.17, 15) is 32.4 Å². The van der Waals surface area contributed by atoms with Crippen molar-refractivity contribution in [3.8, 4) is 0 Å². The number of piperidine rings is 1. The van der Waals surface area contributed by atoms with Gasteiger partial charge in [0.05, 0.1) is 22.6 Å². The van der Waals surface area contributed by atoms with E-state index in [2.05, 4.69) is 35.1 Å². The first-order chi connectivity index (χ1) is 23.1. The molecule has 2 heterocycles. The molecule has 6 aliphatic rings. The number of amides is 5. The van der Waals surface area contributed by atoms with Crippen molar-refractivity contribution in [2.45, 2.75) is 146 Å². The molecule has 0 aromatic heterocycles. The van der Waals surface area contributed by atoms with Gasteiger partial charge in [-0.25, -0.2) is 13.2 Å². The molecule has 4 saturated carbocycles. The van der Waals surface area contributed by atoms with Gasteiger partial charge in [-0.05, 0) is 73.5 Å². The lowest BCUT2D eigenvalue weighted by molar-refractivity contribution is -0.146. The highest BCUT2D eigenvalue weighted by Gasteiger charge is 2.70. The zero-order valence-electron chi connectivity index (χ0n) is 29.8. The molecule has 1 unspecified atom stereocenters. The van der Waals surface area contributed by atoms with Gasteiger partial charge in [0, 0.05) is 13.6 Å². The van der Waals surface area contributed by atoms with Crippen molar-refractivity contribution in [2.24, 2.45) is 28.6 Å². The summed E-state index contributed by atoms with van der Waals surface area (Å²) in [6, 6.07) is -3.24. The molecule has 13 heteroatoms. The van der Waals surface area contributed by atoms with Gasteiger partial charge < -0.3 is 26.2 Å². The molecule has 4 N–H and O–H groups in total. The first-order valence-electron chi connectivity index (χ1n) is 18.8. The molecule has 0 radical (unpaired) electrons. The maximum atomic E-state index is 14.8. The quantitative estimate of drug-likeness (QED) is 0.240. The fourth-order valence-corrected chi connectivity index (χ4v) is 12.5. The van der Waals surface area contributed by atoms with Gasteiger partial charge in [0.15, 0.2) is 9.84 Å². The average Bonchev–Trinajstić information content (AvgIpc) is 3.85. The summed E-state index contributed by atoms with van der Waals surface area (Å²) in [5, 5.41) is 10.9. The van der Waals surface area contributed by atoms with Gasteiger partial charge in [-0.2, -0.15) is 0 Å². The Morgan fingerprint density at radius 2 is 1.47 bits per heavy atom. The highest BCUT2D eigenvalue weighted by molar-refractivity contribution is 7.92. The molecule has 274 valence electrons. The molecular formula is C36H57N5O7S. The van der Waals surface area contributed by atoms with Crippen LogP contribution in [-0.4, -0.2) is 91.1 Å². The van der Waals surface area contributed by atoms with Crippen LogP contribution >= 0.6 is 0 Å². The zero-order chi connectivity index (χ0) is 35.4. The topological polar surface area (TPSA) is 171 Å². The summed E-state index contributed by atoms with van der Waals surface area (Å²) in [4.78, 5) is 70.1. The number of urea groups is 1. The lowest BCUT2D eigenvalue weighted by Gasteiger charge is -2.45. The molecule has 4 aliphatic carbocycles. The van der Waals surface area contributed by atoms with Gasteiger partial charge in [0.2, 0.25) is 17.6 Å². The number of ketones is 1. The Morgan fingerprint density at radius 3 is 2.04 bits per heavy atom. The Labute approximate surface area is 291 Å². The van der Waals surface area contributed by atoms with Crippen molar-refractivity contribution >= 4 is 39.4 Å². The van der Waals surface area contributed by atoms with Gasteiger partial charge in [0.1, 0.15) is 12.1 Å². The van der Waals surface area contributed by atoms with E-state index in [1.807, 2.05) is 6.92 Å². The second-order valence-electron chi connectivity index (χ2n) is 17.0. The predicted octanol–water partition coefficient (Wildman–Crippen LogP) is 2.99. The highest BCUT2D eigenvalue weighted by atomic mass is 32.2. The lowest BCUT2D eigenvalue weighted by atomic mass is 9.70. The summed E-state index contributed by atoms with van der Waals surface area (Å²) in [5.41, 5.74) is -1.60. The van der Waals surface area contributed by atoms with Gasteiger partial charge in [0.25, 0.3) is 5.91 Å². The Balaban J connectivity index is 1.26. The fourth-order valence-electron chi connectivity index (χ4n) is 10.1. The molecular weight excluding hydrogens is 646 g/mol. The third-order valence-electron chi connectivity index (χ3n) is 13.4. The number of fused-ring (bicyclic) bond motifs is 1. The van der Waals surface area contributed by atoms with E-state index in [4.69, 9.17) is 0 Å². The first kappa shape index (κ1) is 36.1. The molecule has 6 atom stereocenters. The molecule has 5 amide bonds. The highest BCUT2D eigenvalue weighted by Crippen LogP contribution is 2.65. The van der Waals surface area contributed by atoms with Crippen LogP contribution in [-0.2, 0) is 29.0 Å². The molecule has 0 bridgehead atoms. The van der Waals surface area contributed by atoms with Crippen LogP contribution in [0.1, 0.15) is 117 Å². The van der Waals surface area contributed by atoms with E-state index in [1.54, 1.807) is 4.90 Å². The van der Waals surface area contributed by atoms with Crippen LogP contribution in [0.3, 0.4) is 0 Å². The number of hydrogen-bond acceptors (Lipinski definition) is 7. The number of likely N-dealkylation sites (tertiary alicyclic amines) is 1. The van der Waals surface area contributed by atoms with Gasteiger partial charge in [-0.15, -0.1) is 0 Å². The van der Waals surface area contributed by atoms with Crippen LogP contribution in [0.5, 0.6) is 0 Å². The third-order valence-corrected chi connectivity index (χ3v) is 15.8. The monoisotopic (exact) mass is 703 g/mol. The minimum atomic E-state index is -3.35. The van der Waals surface area contributed by atoms with Crippen molar-refractivity contribution in [3.63, 3.8) is 0 Å². The normalized spacial score (nSPS) is 31.8. The summed E-state index contributed by atoms with van der Waals surface area (Å²) in [6.07, 6.45) is 11.6. The van der Waals surface area contributed by atoms with Crippen LogP contribution < -0.4 is 21.3 Å². The van der Waals surface area contributed by atoms with E-state index in [0.29, 0.717) is 38.6 Å². The number of hydrogen-bond donors (Lipinski definition) is 4. The van der Waals surface area contributed by atoms with Crippen molar-refractivity contribution in [3.05, 3.63) is 0 Å². The predicted molar refractivity (Wildman–Crippen MR) is 184 cm³/mol. The zero-order valence-corrected chi connectivity index (χ0v) is 30.6. The van der Waals surface area contributed by atoms with Crippen molar-refractivity contribution in [1.29, 1.82) is 0 Å². The van der Waals surface area contributed by atoms with Crippen LogP contribution in [0.15, 0.2) is 0 Å². The summed E-state index contributed by atoms with van der Waals surface area (Å²) in [7, 11) is -1.96. The van der Waals surface area contributed by atoms with Crippen LogP contribution in [0.4, 0.5) is 4.79 Å². The third kappa shape index (κ3) is 6.98. The molecule has 49 heavy (non-hydrogen) atoms. The Kier molecular flexibility index (Phi) is 9.91. The molecule has 0 aromatic rings. The Bertz CT molecular complexity index is 1450. The SMILES string of the molecule is CNC(=O)C(=O)[C@H](CC1CC1)NC(=O)[C@@H]1[C@@H]2[C@H](CN1C(=O)[C@@H](NC(=O)NC1(C3CCCS3(=O)=O)CCCCC1)C1(C)CCCCC1)C2(C)C. The lowest BCUT2D eigenvalue weighted by Crippen LogP contribution is -2.66. The van der Waals surface area contributed by atoms with Crippen LogP contribution in [0.2, 0.25) is 0 Å². The largest absolute Gasteiger partial charge is 0.353 e. The molecule has 6 rings (SSSR count). The molecule has 2 aliphatic heterocycles. The molecule has 12 nitrogen and oxygen atoms in total. The summed E-state index contributed by atoms with van der Waals surface area (Å²) in [5.74, 6) is -1.79. The number of nitrogens with one attached hydrogen (secondary N) is 4. The van der Waals surface area contributed by atoms with Crippen molar-refractivity contribution in [2.75, 3.05) is 19.3 Å². The fraction of sp³-hybridized carbons (Fsp3) is 0.861. The van der Waals surface area contributed by atoms with E-state index < -0.39 is 67.8 Å². The number of sulfone groups is 1. The van der Waals surface area contributed by atoms with E-state index in [-0.39, 0.29) is 34.8 Å². The number of likely N-dealkylation sites (N-methyl/N-ethyl adjacent to an activating group) is 1. The van der Waals surface area contributed by atoms with E-state index in [1.165, 1.54) is 7.05 Å². The van der Waals surface area contributed by atoms with E-state index >= 15 is 0 Å². The van der Waals surface area contributed by atoms with Crippen LogP contribution in [0, 0.1) is 28.6 Å².